The van der Waals surface area contributed by atoms with Gasteiger partial charge in [-0.1, -0.05) is 56.3 Å². The van der Waals surface area contributed by atoms with Crippen LogP contribution in [0.3, 0.4) is 0 Å². The molecule has 0 bridgehead atoms. The summed E-state index contributed by atoms with van der Waals surface area (Å²) in [6.45, 7) is 5.67. The van der Waals surface area contributed by atoms with Gasteiger partial charge in [0.05, 0.1) is 5.71 Å². The fraction of sp³-hybridized carbons (Fsp3) is 0.429. The van der Waals surface area contributed by atoms with Gasteiger partial charge in [0, 0.05) is 11.8 Å². The smallest absolute Gasteiger partial charge is 0.344 e. The topological polar surface area (TPSA) is 58.9 Å². The minimum Gasteiger partial charge on any atom is -0.479 e. The summed E-state index contributed by atoms with van der Waals surface area (Å²) in [6, 6.07) is 9.91. The highest BCUT2D eigenvalue weighted by Crippen LogP contribution is 2.19. The average Bonchev–Trinajstić information content (AvgIpc) is 2.27. The van der Waals surface area contributed by atoms with Crippen LogP contribution in [0.25, 0.3) is 0 Å². The van der Waals surface area contributed by atoms with Crippen LogP contribution in [0, 0.1) is 5.41 Å². The number of carbonyl (C=O) groups is 1. The first-order chi connectivity index (χ1) is 8.39. The highest BCUT2D eigenvalue weighted by Gasteiger charge is 2.20. The molecule has 0 aromatic heterocycles. The van der Waals surface area contributed by atoms with E-state index in [4.69, 9.17) is 9.94 Å². The standard InChI is InChI=1S/C14H19NO3/c1-14(2,3)12(15-18-10-13(16)17)9-11-7-5-4-6-8-11/h4-8H,9-10H2,1-3H3,(H,16,17). The van der Waals surface area contributed by atoms with Crippen LogP contribution in [0.2, 0.25) is 0 Å². The lowest BCUT2D eigenvalue weighted by molar-refractivity contribution is -0.142. The van der Waals surface area contributed by atoms with Gasteiger partial charge in [0.2, 0.25) is 6.61 Å². The van der Waals surface area contributed by atoms with Gasteiger partial charge >= 0.3 is 5.97 Å². The lowest BCUT2D eigenvalue weighted by Crippen LogP contribution is -2.23. The minimum absolute atomic E-state index is 0.158. The number of rotatable bonds is 5. The number of hydrogen-bond acceptors (Lipinski definition) is 3. The molecule has 0 aliphatic rings. The SMILES string of the molecule is CC(C)(C)C(Cc1ccccc1)=NOCC(=O)O. The summed E-state index contributed by atoms with van der Waals surface area (Å²) in [5.74, 6) is -1.02. The summed E-state index contributed by atoms with van der Waals surface area (Å²) in [4.78, 5) is 15.2. The second-order valence-electron chi connectivity index (χ2n) is 5.12. The van der Waals surface area contributed by atoms with Gasteiger partial charge in [-0.2, -0.15) is 0 Å². The molecule has 0 heterocycles. The summed E-state index contributed by atoms with van der Waals surface area (Å²) in [7, 11) is 0. The van der Waals surface area contributed by atoms with E-state index in [1.807, 2.05) is 51.1 Å². The van der Waals surface area contributed by atoms with E-state index in [1.54, 1.807) is 0 Å². The maximum Gasteiger partial charge on any atom is 0.344 e. The Balaban J connectivity index is 2.77. The Morgan fingerprint density at radius 3 is 2.39 bits per heavy atom. The van der Waals surface area contributed by atoms with E-state index in [1.165, 1.54) is 0 Å². The van der Waals surface area contributed by atoms with E-state index in [9.17, 15) is 4.79 Å². The van der Waals surface area contributed by atoms with E-state index >= 15 is 0 Å². The molecular weight excluding hydrogens is 230 g/mol. The van der Waals surface area contributed by atoms with Gasteiger partial charge in [-0.25, -0.2) is 4.79 Å². The Bertz CT molecular complexity index is 418. The largest absolute Gasteiger partial charge is 0.479 e. The fourth-order valence-electron chi connectivity index (χ4n) is 1.39. The van der Waals surface area contributed by atoms with Crippen molar-refractivity contribution in [3.05, 3.63) is 35.9 Å². The molecule has 4 nitrogen and oxygen atoms in total. The fourth-order valence-corrected chi connectivity index (χ4v) is 1.39. The summed E-state index contributed by atoms with van der Waals surface area (Å²) >= 11 is 0. The first-order valence-corrected chi connectivity index (χ1v) is 5.84. The van der Waals surface area contributed by atoms with E-state index in [0.29, 0.717) is 6.42 Å². The maximum atomic E-state index is 10.4. The number of carboxylic acid groups (broad SMARTS) is 1. The summed E-state index contributed by atoms with van der Waals surface area (Å²) in [6.07, 6.45) is 0.657. The number of benzene rings is 1. The molecule has 1 aromatic rings. The molecule has 0 fully saturated rings. The molecule has 0 saturated heterocycles. The maximum absolute atomic E-state index is 10.4. The Kier molecular flexibility index (Phi) is 4.89. The molecule has 0 unspecified atom stereocenters. The van der Waals surface area contributed by atoms with Gasteiger partial charge < -0.3 is 9.94 Å². The molecule has 1 aromatic carbocycles. The Morgan fingerprint density at radius 2 is 1.89 bits per heavy atom. The van der Waals surface area contributed by atoms with Gasteiger partial charge in [-0.05, 0) is 5.56 Å². The number of oxime groups is 1. The Labute approximate surface area is 107 Å². The zero-order valence-electron chi connectivity index (χ0n) is 11.0. The number of nitrogens with zero attached hydrogens (tertiary/aromatic N) is 1. The first kappa shape index (κ1) is 14.2. The Morgan fingerprint density at radius 1 is 1.28 bits per heavy atom. The van der Waals surface area contributed by atoms with Crippen molar-refractivity contribution < 1.29 is 14.7 Å². The quantitative estimate of drug-likeness (QED) is 0.644. The van der Waals surface area contributed by atoms with Crippen molar-refractivity contribution in [3.63, 3.8) is 0 Å². The molecule has 0 spiro atoms. The summed E-state index contributed by atoms with van der Waals surface area (Å²) in [5.41, 5.74) is 1.80. The molecule has 0 atom stereocenters. The van der Waals surface area contributed by atoms with Crippen LogP contribution in [-0.4, -0.2) is 23.4 Å². The van der Waals surface area contributed by atoms with Crippen molar-refractivity contribution in [2.24, 2.45) is 10.6 Å². The van der Waals surface area contributed by atoms with Gasteiger partial charge in [-0.3, -0.25) is 0 Å². The predicted octanol–water partition coefficient (Wildman–Crippen LogP) is 2.73. The van der Waals surface area contributed by atoms with Crippen molar-refractivity contribution in [1.29, 1.82) is 0 Å². The van der Waals surface area contributed by atoms with Gasteiger partial charge in [0.15, 0.2) is 0 Å². The van der Waals surface area contributed by atoms with Crippen molar-refractivity contribution in [1.82, 2.24) is 0 Å². The molecule has 0 aliphatic heterocycles. The number of hydrogen-bond donors (Lipinski definition) is 1. The normalized spacial score (nSPS) is 12.3. The van der Waals surface area contributed by atoms with Gasteiger partial charge in [0.25, 0.3) is 0 Å². The summed E-state index contributed by atoms with van der Waals surface area (Å²) in [5, 5.41) is 12.5. The molecule has 0 amide bonds. The zero-order chi connectivity index (χ0) is 13.6. The van der Waals surface area contributed by atoms with E-state index in [2.05, 4.69) is 5.16 Å². The number of carboxylic acids is 1. The van der Waals surface area contributed by atoms with E-state index in [-0.39, 0.29) is 5.41 Å². The molecule has 0 radical (unpaired) electrons. The lowest BCUT2D eigenvalue weighted by Gasteiger charge is -2.20. The monoisotopic (exact) mass is 249 g/mol. The van der Waals surface area contributed by atoms with Crippen LogP contribution in [-0.2, 0) is 16.1 Å². The van der Waals surface area contributed by atoms with Crippen LogP contribution in [0.4, 0.5) is 0 Å². The second-order valence-corrected chi connectivity index (χ2v) is 5.12. The molecule has 0 aliphatic carbocycles. The second kappa shape index (κ2) is 6.19. The molecule has 1 N–H and O–H groups in total. The van der Waals surface area contributed by atoms with Crippen molar-refractivity contribution in [2.45, 2.75) is 27.2 Å². The summed E-state index contributed by atoms with van der Waals surface area (Å²) < 4.78 is 0. The first-order valence-electron chi connectivity index (χ1n) is 5.84. The van der Waals surface area contributed by atoms with Crippen LogP contribution in [0.1, 0.15) is 26.3 Å². The molecule has 0 saturated carbocycles. The Hall–Kier alpha value is -1.84. The van der Waals surface area contributed by atoms with Crippen LogP contribution < -0.4 is 0 Å². The third-order valence-corrected chi connectivity index (χ3v) is 2.44. The van der Waals surface area contributed by atoms with Crippen molar-refractivity contribution >= 4 is 11.7 Å². The molecule has 1 rings (SSSR count). The molecule has 18 heavy (non-hydrogen) atoms. The van der Waals surface area contributed by atoms with Gasteiger partial charge in [-0.15, -0.1) is 0 Å². The minimum atomic E-state index is -1.02. The highest BCUT2D eigenvalue weighted by molar-refractivity contribution is 5.90. The van der Waals surface area contributed by atoms with Crippen LogP contribution in [0.15, 0.2) is 35.5 Å². The number of aliphatic carboxylic acids is 1. The average molecular weight is 249 g/mol. The van der Waals surface area contributed by atoms with Crippen LogP contribution in [0.5, 0.6) is 0 Å². The molecule has 98 valence electrons. The lowest BCUT2D eigenvalue weighted by atomic mass is 9.86. The zero-order valence-corrected chi connectivity index (χ0v) is 11.0. The third-order valence-electron chi connectivity index (χ3n) is 2.44. The van der Waals surface area contributed by atoms with Crippen LogP contribution >= 0.6 is 0 Å². The van der Waals surface area contributed by atoms with Crippen molar-refractivity contribution in [2.75, 3.05) is 6.61 Å². The van der Waals surface area contributed by atoms with Gasteiger partial charge in [0.1, 0.15) is 0 Å². The molecule has 4 heteroatoms. The predicted molar refractivity (Wildman–Crippen MR) is 70.6 cm³/mol. The van der Waals surface area contributed by atoms with Crippen molar-refractivity contribution in [3.8, 4) is 0 Å². The van der Waals surface area contributed by atoms with E-state index < -0.39 is 12.6 Å². The molecular formula is C14H19NO3. The third kappa shape index (κ3) is 4.99. The highest BCUT2D eigenvalue weighted by atomic mass is 16.6. The van der Waals surface area contributed by atoms with E-state index in [0.717, 1.165) is 11.3 Å².